The molecule has 0 bridgehead atoms. The maximum absolute atomic E-state index is 14.0. The van der Waals surface area contributed by atoms with Crippen molar-refractivity contribution in [3.8, 4) is 0 Å². The van der Waals surface area contributed by atoms with Crippen molar-refractivity contribution >= 4 is 11.7 Å². The number of nitrogens with one attached hydrogen (secondary N) is 1. The van der Waals surface area contributed by atoms with Gasteiger partial charge in [0.05, 0.1) is 5.41 Å². The van der Waals surface area contributed by atoms with Gasteiger partial charge in [0.1, 0.15) is 0 Å². The zero-order chi connectivity index (χ0) is 26.9. The minimum absolute atomic E-state index is 0.0713. The number of hydrogen-bond donors (Lipinski definition) is 1. The molecule has 0 aliphatic heterocycles. The van der Waals surface area contributed by atoms with Gasteiger partial charge in [-0.05, 0) is 123 Å². The van der Waals surface area contributed by atoms with E-state index in [0.717, 1.165) is 41.7 Å². The molecule has 8 atom stereocenters. The summed E-state index contributed by atoms with van der Waals surface area (Å²) in [6.45, 7) is 12.6. The zero-order valence-electron chi connectivity index (χ0n) is 24.7. The molecule has 0 heterocycles. The second kappa shape index (κ2) is 9.20. The Balaban J connectivity index is 1.23. The first-order valence-corrected chi connectivity index (χ1v) is 15.9. The fraction of sp³-hybridized carbons (Fsp3) is 0.771. The molecule has 0 saturated heterocycles. The number of ketones is 1. The van der Waals surface area contributed by atoms with Gasteiger partial charge in [-0.1, -0.05) is 64.8 Å². The second-order valence-corrected chi connectivity index (χ2v) is 15.4. The summed E-state index contributed by atoms with van der Waals surface area (Å²) in [5.41, 5.74) is 2.90. The SMILES string of the molecule is CC(=O)c1ccccc1CNC(=O)C12CCCC1C1CCC3C(C)(CCC4C(C)(C)CCCC43C)C1CC2. The molecule has 0 aromatic heterocycles. The van der Waals surface area contributed by atoms with Crippen molar-refractivity contribution < 1.29 is 9.59 Å². The summed E-state index contributed by atoms with van der Waals surface area (Å²) in [6.07, 6.45) is 15.5. The van der Waals surface area contributed by atoms with Gasteiger partial charge >= 0.3 is 0 Å². The minimum Gasteiger partial charge on any atom is -0.352 e. The second-order valence-electron chi connectivity index (χ2n) is 15.4. The van der Waals surface area contributed by atoms with Gasteiger partial charge in [-0.15, -0.1) is 0 Å². The van der Waals surface area contributed by atoms with Gasteiger partial charge in [-0.25, -0.2) is 0 Å². The topological polar surface area (TPSA) is 46.2 Å². The van der Waals surface area contributed by atoms with Gasteiger partial charge in [0.15, 0.2) is 5.78 Å². The van der Waals surface area contributed by atoms with E-state index in [1.807, 2.05) is 24.3 Å². The summed E-state index contributed by atoms with van der Waals surface area (Å²) in [5, 5.41) is 3.35. The molecule has 1 amide bonds. The Bertz CT molecular complexity index is 1110. The van der Waals surface area contributed by atoms with Crippen LogP contribution in [0.1, 0.15) is 128 Å². The van der Waals surface area contributed by atoms with Crippen molar-refractivity contribution in [2.45, 2.75) is 118 Å². The molecule has 3 nitrogen and oxygen atoms in total. The number of Topliss-reactive ketones (excluding diaryl/α,β-unsaturated/α-hetero) is 1. The Morgan fingerprint density at radius 3 is 2.37 bits per heavy atom. The molecule has 208 valence electrons. The number of fused-ring (bicyclic) bond motifs is 7. The molecule has 1 aromatic rings. The van der Waals surface area contributed by atoms with Crippen molar-refractivity contribution in [2.24, 2.45) is 51.2 Å². The van der Waals surface area contributed by atoms with Crippen LogP contribution >= 0.6 is 0 Å². The van der Waals surface area contributed by atoms with Crippen LogP contribution in [0, 0.1) is 51.2 Å². The van der Waals surface area contributed by atoms with Gasteiger partial charge < -0.3 is 5.32 Å². The molecule has 0 spiro atoms. The quantitative estimate of drug-likeness (QED) is 0.408. The summed E-state index contributed by atoms with van der Waals surface area (Å²) in [4.78, 5) is 26.1. The number of rotatable bonds is 4. The third-order valence-electron chi connectivity index (χ3n) is 13.5. The van der Waals surface area contributed by atoms with E-state index in [2.05, 4.69) is 33.0 Å². The first-order valence-electron chi connectivity index (χ1n) is 15.9. The van der Waals surface area contributed by atoms with Crippen LogP contribution in [-0.2, 0) is 11.3 Å². The smallest absolute Gasteiger partial charge is 0.226 e. The van der Waals surface area contributed by atoms with Gasteiger partial charge in [-0.2, -0.15) is 0 Å². The first-order chi connectivity index (χ1) is 18.0. The Hall–Kier alpha value is -1.64. The zero-order valence-corrected chi connectivity index (χ0v) is 24.7. The van der Waals surface area contributed by atoms with E-state index in [1.165, 1.54) is 64.2 Å². The van der Waals surface area contributed by atoms with E-state index in [0.29, 0.717) is 34.6 Å². The monoisotopic (exact) mass is 517 g/mol. The van der Waals surface area contributed by atoms with Crippen LogP contribution < -0.4 is 5.32 Å². The predicted molar refractivity (Wildman–Crippen MR) is 154 cm³/mol. The van der Waals surface area contributed by atoms with Gasteiger partial charge in [0, 0.05) is 12.1 Å². The fourth-order valence-electron chi connectivity index (χ4n) is 12.1. The summed E-state index contributed by atoms with van der Waals surface area (Å²) in [7, 11) is 0. The molecule has 5 fully saturated rings. The predicted octanol–water partition coefficient (Wildman–Crippen LogP) is 8.36. The molecular weight excluding hydrogens is 466 g/mol. The number of amides is 1. The third-order valence-corrected chi connectivity index (χ3v) is 13.5. The Kier molecular flexibility index (Phi) is 6.43. The van der Waals surface area contributed by atoms with E-state index >= 15 is 0 Å². The Morgan fingerprint density at radius 1 is 0.789 bits per heavy atom. The first kappa shape index (κ1) is 26.6. The van der Waals surface area contributed by atoms with E-state index in [1.54, 1.807) is 6.92 Å². The molecule has 5 aliphatic rings. The highest BCUT2D eigenvalue weighted by Crippen LogP contribution is 2.72. The normalized spacial score (nSPS) is 43.2. The van der Waals surface area contributed by atoms with Gasteiger partial charge in [0.2, 0.25) is 5.91 Å². The molecular formula is C35H51NO2. The van der Waals surface area contributed by atoms with Crippen LogP contribution in [0.15, 0.2) is 24.3 Å². The van der Waals surface area contributed by atoms with Crippen LogP contribution in [0.25, 0.3) is 0 Å². The molecule has 5 aliphatic carbocycles. The van der Waals surface area contributed by atoms with Crippen LogP contribution in [0.2, 0.25) is 0 Å². The maximum atomic E-state index is 14.0. The van der Waals surface area contributed by atoms with Gasteiger partial charge in [-0.3, -0.25) is 9.59 Å². The fourth-order valence-corrected chi connectivity index (χ4v) is 12.1. The third kappa shape index (κ3) is 3.80. The standard InChI is InChI=1S/C35H51NO2/c1-23(37)25-11-7-6-10-24(25)22-36-31(38)35-19-8-12-28(35)26-13-14-30-33(4,27(26)15-21-35)20-16-29-32(2,3)17-9-18-34(29,30)5/h6-7,10-11,26-30H,8-9,12-22H2,1-5H3,(H,36,38). The summed E-state index contributed by atoms with van der Waals surface area (Å²) >= 11 is 0. The molecule has 0 radical (unpaired) electrons. The molecule has 8 unspecified atom stereocenters. The lowest BCUT2D eigenvalue weighted by Crippen LogP contribution is -2.62. The van der Waals surface area contributed by atoms with Crippen LogP contribution in [-0.4, -0.2) is 11.7 Å². The summed E-state index contributed by atoms with van der Waals surface area (Å²) < 4.78 is 0. The van der Waals surface area contributed by atoms with Gasteiger partial charge in [0.25, 0.3) is 0 Å². The summed E-state index contributed by atoms with van der Waals surface area (Å²) in [6, 6.07) is 7.75. The van der Waals surface area contributed by atoms with Crippen LogP contribution in [0.4, 0.5) is 0 Å². The van der Waals surface area contributed by atoms with E-state index < -0.39 is 0 Å². The average molecular weight is 518 g/mol. The van der Waals surface area contributed by atoms with Crippen molar-refractivity contribution in [2.75, 3.05) is 0 Å². The van der Waals surface area contributed by atoms with Crippen molar-refractivity contribution in [1.29, 1.82) is 0 Å². The number of benzene rings is 1. The van der Waals surface area contributed by atoms with Crippen LogP contribution in [0.3, 0.4) is 0 Å². The Labute approximate surface area is 231 Å². The van der Waals surface area contributed by atoms with E-state index in [4.69, 9.17) is 0 Å². The Morgan fingerprint density at radius 2 is 1.58 bits per heavy atom. The van der Waals surface area contributed by atoms with Crippen molar-refractivity contribution in [1.82, 2.24) is 5.32 Å². The molecule has 5 saturated carbocycles. The maximum Gasteiger partial charge on any atom is 0.226 e. The largest absolute Gasteiger partial charge is 0.352 e. The molecule has 38 heavy (non-hydrogen) atoms. The lowest BCUT2D eigenvalue weighted by atomic mass is 9.36. The lowest BCUT2D eigenvalue weighted by molar-refractivity contribution is -0.196. The molecule has 6 rings (SSSR count). The van der Waals surface area contributed by atoms with Crippen molar-refractivity contribution in [3.05, 3.63) is 35.4 Å². The van der Waals surface area contributed by atoms with E-state index in [-0.39, 0.29) is 17.1 Å². The molecule has 1 aromatic carbocycles. The van der Waals surface area contributed by atoms with E-state index in [9.17, 15) is 9.59 Å². The highest BCUT2D eigenvalue weighted by molar-refractivity contribution is 5.95. The molecule has 3 heteroatoms. The highest BCUT2D eigenvalue weighted by atomic mass is 16.2. The number of carbonyl (C=O) groups is 2. The highest BCUT2D eigenvalue weighted by Gasteiger charge is 2.66. The average Bonchev–Trinajstić information content (AvgIpc) is 3.32. The number of hydrogen-bond acceptors (Lipinski definition) is 2. The summed E-state index contributed by atoms with van der Waals surface area (Å²) in [5.74, 6) is 4.09. The minimum atomic E-state index is -0.191. The van der Waals surface area contributed by atoms with Crippen molar-refractivity contribution in [3.63, 3.8) is 0 Å². The lowest BCUT2D eigenvalue weighted by Gasteiger charge is -2.68. The van der Waals surface area contributed by atoms with Crippen LogP contribution in [0.5, 0.6) is 0 Å². The molecule has 1 N–H and O–H groups in total. The number of carbonyl (C=O) groups excluding carboxylic acids is 2.